The first kappa shape index (κ1) is 42.8. The molecule has 0 N–H and O–H groups in total. The molecule has 1 saturated carbocycles. The highest BCUT2D eigenvalue weighted by Gasteiger charge is 2.34. The minimum Gasteiger partial charge on any atom is -0.341 e. The van der Waals surface area contributed by atoms with E-state index in [1.807, 2.05) is 41.8 Å². The van der Waals surface area contributed by atoms with Crippen molar-refractivity contribution in [2.45, 2.75) is 70.8 Å². The molecule has 1 atom stereocenters. The number of anilines is 4. The fraction of sp³-hybridized carbons (Fsp3) is 0.373. The lowest BCUT2D eigenvalue weighted by molar-refractivity contribution is 0.151. The molecular weight excluding hydrogens is 861 g/mol. The summed E-state index contributed by atoms with van der Waals surface area (Å²) in [6.45, 7) is 3.38. The number of benzene rings is 4. The smallest absolute Gasteiger partial charge is 0.328 e. The van der Waals surface area contributed by atoms with E-state index in [1.54, 1.807) is 95.2 Å². The van der Waals surface area contributed by atoms with E-state index >= 15 is 8.78 Å². The topological polar surface area (TPSA) is 96.0 Å². The Balaban J connectivity index is 1.01. The quantitative estimate of drug-likeness (QED) is 0.134. The van der Waals surface area contributed by atoms with Crippen LogP contribution in [0.3, 0.4) is 0 Å². The van der Waals surface area contributed by atoms with E-state index in [0.29, 0.717) is 54.0 Å². The predicted molar refractivity (Wildman–Crippen MR) is 253 cm³/mol. The number of aryl methyl sites for hydroxylation is 7. The van der Waals surface area contributed by atoms with Gasteiger partial charge in [0.1, 0.15) is 0 Å². The van der Waals surface area contributed by atoms with Gasteiger partial charge in [0, 0.05) is 112 Å². The van der Waals surface area contributed by atoms with Gasteiger partial charge in [0.05, 0.1) is 34.5 Å². The highest BCUT2D eigenvalue weighted by Crippen LogP contribution is 2.47. The molecule has 0 radical (unpaired) electrons. The molecule has 11 rings (SSSR count). The van der Waals surface area contributed by atoms with Gasteiger partial charge in [0.25, 0.3) is 12.9 Å². The van der Waals surface area contributed by atoms with Crippen LogP contribution < -0.4 is 21.2 Å². The third kappa shape index (κ3) is 6.84. The summed E-state index contributed by atoms with van der Waals surface area (Å²) in [7, 11) is 8.87. The van der Waals surface area contributed by atoms with E-state index in [1.165, 1.54) is 0 Å². The van der Waals surface area contributed by atoms with Gasteiger partial charge >= 0.3 is 11.4 Å². The summed E-state index contributed by atoms with van der Waals surface area (Å²) in [5, 5.41) is 8.54. The Kier molecular flexibility index (Phi) is 10.2. The number of fused-ring (bicyclic) bond motifs is 4. The summed E-state index contributed by atoms with van der Waals surface area (Å²) in [6, 6.07) is 15.1. The summed E-state index contributed by atoms with van der Waals surface area (Å²) in [5.41, 5.74) is 11.7. The summed E-state index contributed by atoms with van der Waals surface area (Å²) < 4.78 is 69.9. The van der Waals surface area contributed by atoms with E-state index < -0.39 is 12.9 Å². The predicted octanol–water partition coefficient (Wildman–Crippen LogP) is 9.88. The first-order valence-electron chi connectivity index (χ1n) is 23.0. The molecule has 16 heteroatoms. The number of hydrogen-bond donors (Lipinski definition) is 0. The average Bonchev–Trinajstić information content (AvgIpc) is 4.04. The van der Waals surface area contributed by atoms with Crippen LogP contribution in [0.25, 0.3) is 44.3 Å². The molecule has 1 unspecified atom stereocenters. The SMILES string of the molecule is Cc1c(N2CCCc3cc(-c4cnn(C)c4)c(C(F)F)cc32)ccc2c1n(C)c(=O)n2CC1Cc2cc(-c3cnn(C)c3)c(C(F)F)cc2N(c2cc(C3CCC3)c3c(c2)n(C)c(=O)n3C)C1. The summed E-state index contributed by atoms with van der Waals surface area (Å²) in [4.78, 5) is 32.1. The molecule has 3 aliphatic rings. The van der Waals surface area contributed by atoms with Crippen molar-refractivity contribution in [1.82, 2.24) is 37.8 Å². The van der Waals surface area contributed by atoms with Gasteiger partial charge in [0.15, 0.2) is 0 Å². The Labute approximate surface area is 383 Å². The zero-order valence-corrected chi connectivity index (χ0v) is 38.4. The van der Waals surface area contributed by atoms with Crippen molar-refractivity contribution in [3.05, 3.63) is 128 Å². The number of rotatable bonds is 9. The average molecular weight is 913 g/mol. The maximum Gasteiger partial charge on any atom is 0.328 e. The second kappa shape index (κ2) is 15.9. The monoisotopic (exact) mass is 912 g/mol. The van der Waals surface area contributed by atoms with Gasteiger partial charge in [-0.2, -0.15) is 10.2 Å². The summed E-state index contributed by atoms with van der Waals surface area (Å²) in [5.74, 6) is 0.129. The zero-order valence-electron chi connectivity index (χ0n) is 38.4. The van der Waals surface area contributed by atoms with Crippen molar-refractivity contribution in [3.63, 3.8) is 0 Å². The molecule has 12 nitrogen and oxygen atoms in total. The van der Waals surface area contributed by atoms with Gasteiger partial charge in [-0.05, 0) is 133 Å². The van der Waals surface area contributed by atoms with Crippen LogP contribution in [0.4, 0.5) is 40.3 Å². The minimum absolute atomic E-state index is 0.0518. The Morgan fingerprint density at radius 3 is 1.90 bits per heavy atom. The molecule has 2 aliphatic heterocycles. The maximum atomic E-state index is 15.1. The molecule has 0 bridgehead atoms. The molecule has 0 saturated heterocycles. The van der Waals surface area contributed by atoms with Crippen molar-refractivity contribution in [3.8, 4) is 22.3 Å². The largest absolute Gasteiger partial charge is 0.341 e. The molecule has 4 aromatic heterocycles. The van der Waals surface area contributed by atoms with Crippen molar-refractivity contribution in [2.75, 3.05) is 22.9 Å². The normalized spacial score (nSPS) is 16.5. The van der Waals surface area contributed by atoms with Gasteiger partial charge in [-0.3, -0.25) is 27.6 Å². The maximum absolute atomic E-state index is 15.1. The van der Waals surface area contributed by atoms with Crippen LogP contribution in [0.15, 0.2) is 82.9 Å². The highest BCUT2D eigenvalue weighted by molar-refractivity contribution is 5.89. The molecule has 1 aliphatic carbocycles. The van der Waals surface area contributed by atoms with Crippen LogP contribution in [0, 0.1) is 12.8 Å². The van der Waals surface area contributed by atoms with Crippen LogP contribution >= 0.6 is 0 Å². The number of hydrogen-bond acceptors (Lipinski definition) is 6. The lowest BCUT2D eigenvalue weighted by Crippen LogP contribution is -2.36. The van der Waals surface area contributed by atoms with E-state index in [-0.39, 0.29) is 34.3 Å². The highest BCUT2D eigenvalue weighted by atomic mass is 19.3. The lowest BCUT2D eigenvalue weighted by Gasteiger charge is -2.38. The van der Waals surface area contributed by atoms with Crippen molar-refractivity contribution in [2.24, 2.45) is 41.2 Å². The summed E-state index contributed by atoms with van der Waals surface area (Å²) >= 11 is 0. The Hall–Kier alpha value is -6.84. The molecule has 8 aromatic rings. The third-order valence-electron chi connectivity index (χ3n) is 14.9. The zero-order chi connectivity index (χ0) is 46.7. The number of imidazole rings is 2. The van der Waals surface area contributed by atoms with E-state index in [2.05, 4.69) is 26.1 Å². The first-order chi connectivity index (χ1) is 32.2. The fourth-order valence-electron chi connectivity index (χ4n) is 11.3. The van der Waals surface area contributed by atoms with Crippen LogP contribution in [-0.2, 0) is 54.6 Å². The van der Waals surface area contributed by atoms with Gasteiger partial charge in [-0.15, -0.1) is 0 Å². The van der Waals surface area contributed by atoms with Crippen LogP contribution in [-0.4, -0.2) is 50.9 Å². The summed E-state index contributed by atoms with van der Waals surface area (Å²) in [6.07, 6.45) is 6.45. The molecule has 1 fully saturated rings. The Bertz CT molecular complexity index is 3420. The van der Waals surface area contributed by atoms with E-state index in [9.17, 15) is 18.4 Å². The Morgan fingerprint density at radius 1 is 0.672 bits per heavy atom. The third-order valence-corrected chi connectivity index (χ3v) is 14.9. The molecule has 67 heavy (non-hydrogen) atoms. The number of aromatic nitrogens is 8. The van der Waals surface area contributed by atoms with Gasteiger partial charge < -0.3 is 9.80 Å². The van der Waals surface area contributed by atoms with Crippen LogP contribution in [0.2, 0.25) is 0 Å². The van der Waals surface area contributed by atoms with Gasteiger partial charge in [0.2, 0.25) is 0 Å². The molecule has 4 aromatic carbocycles. The number of alkyl halides is 4. The van der Waals surface area contributed by atoms with Gasteiger partial charge in [-0.25, -0.2) is 27.2 Å². The number of nitrogens with zero attached hydrogens (tertiary/aromatic N) is 10. The first-order valence-corrected chi connectivity index (χ1v) is 23.0. The standard InChI is InChI=1S/C51H52F4N10O2/c1-28-41(63-14-8-11-31-16-36(33-22-56-58(2)26-33)39(48(52)53)20-43(31)63)12-13-42-46(28)61(5)51(67)65(42)25-29-15-32-17-37(34-23-57-59(3)27-34)40(49(54)55)21-44(32)64(24-29)35-18-38(30-9-7-10-30)47-45(19-35)60(4)50(66)62(47)6/h12-13,16-23,26-27,29-30,48-49H,7-11,14-15,24-25H2,1-6H3. The van der Waals surface area contributed by atoms with Crippen molar-refractivity contribution < 1.29 is 17.6 Å². The van der Waals surface area contributed by atoms with Crippen molar-refractivity contribution >= 4 is 44.8 Å². The van der Waals surface area contributed by atoms with Crippen molar-refractivity contribution in [1.29, 1.82) is 0 Å². The Morgan fingerprint density at radius 2 is 1.30 bits per heavy atom. The van der Waals surface area contributed by atoms with E-state index in [4.69, 9.17) is 0 Å². The molecule has 0 spiro atoms. The minimum atomic E-state index is -2.75. The van der Waals surface area contributed by atoms with E-state index in [0.717, 1.165) is 93.5 Å². The van der Waals surface area contributed by atoms with Crippen LogP contribution in [0.1, 0.15) is 77.8 Å². The molecule has 6 heterocycles. The molecular formula is C51H52F4N10O2. The molecule has 0 amide bonds. The second-order valence-electron chi connectivity index (χ2n) is 18.9. The number of halogens is 4. The molecule has 346 valence electrons. The fourth-order valence-corrected chi connectivity index (χ4v) is 11.3. The van der Waals surface area contributed by atoms with Gasteiger partial charge in [-0.1, -0.05) is 6.42 Å². The second-order valence-corrected chi connectivity index (χ2v) is 18.9. The lowest BCUT2D eigenvalue weighted by atomic mass is 9.79. The van der Waals surface area contributed by atoms with Crippen LogP contribution in [0.5, 0.6) is 0 Å².